The molecule has 13 nitrogen and oxygen atoms in total. The van der Waals surface area contributed by atoms with E-state index in [0.717, 1.165) is 16.2 Å². The summed E-state index contributed by atoms with van der Waals surface area (Å²) in [5, 5.41) is 19.1. The average Bonchev–Trinajstić information content (AvgIpc) is 3.83. The maximum atomic E-state index is 14.5. The number of carbonyl (C=O) groups excluding carboxylic acids is 3. The molecule has 0 saturated carbocycles. The molecule has 3 aliphatic rings. The fourth-order valence-electron chi connectivity index (χ4n) is 7.24. The number of para-hydroxylation sites is 1. The summed E-state index contributed by atoms with van der Waals surface area (Å²) >= 11 is 1.08. The van der Waals surface area contributed by atoms with Crippen LogP contribution in [-0.4, -0.2) is 69.6 Å². The number of allylic oxidation sites excluding steroid dienone is 1. The lowest BCUT2D eigenvalue weighted by Crippen LogP contribution is -2.73. The Balaban J connectivity index is 1.10. The minimum atomic E-state index is -1.48. The molecule has 8 rings (SSSR count). The van der Waals surface area contributed by atoms with Crippen LogP contribution in [0.15, 0.2) is 149 Å². The molecular weight excluding hydrogens is 752 g/mol. The van der Waals surface area contributed by atoms with E-state index in [4.69, 9.17) is 15.3 Å². The number of nitrogens with two attached hydrogens (primary N) is 1. The first-order chi connectivity index (χ1) is 27.7. The van der Waals surface area contributed by atoms with Crippen molar-refractivity contribution >= 4 is 51.6 Å². The maximum Gasteiger partial charge on any atom is 0.356 e. The summed E-state index contributed by atoms with van der Waals surface area (Å²) in [6.45, 7) is -0.0361. The first kappa shape index (κ1) is 36.8. The molecule has 57 heavy (non-hydrogen) atoms. The highest BCUT2D eigenvalue weighted by Crippen LogP contribution is 2.41. The summed E-state index contributed by atoms with van der Waals surface area (Å²) in [4.78, 5) is 66.9. The van der Waals surface area contributed by atoms with Gasteiger partial charge in [-0.3, -0.25) is 19.3 Å². The highest BCUT2D eigenvalue weighted by molar-refractivity contribution is 7.13. The average molecular weight is 785 g/mol. The van der Waals surface area contributed by atoms with Gasteiger partial charge in [0.1, 0.15) is 30.2 Å². The zero-order valence-corrected chi connectivity index (χ0v) is 30.8. The highest BCUT2D eigenvalue weighted by Gasteiger charge is 2.55. The van der Waals surface area contributed by atoms with Crippen molar-refractivity contribution in [2.45, 2.75) is 24.1 Å². The molecule has 15 heteroatoms. The first-order valence-corrected chi connectivity index (χ1v) is 18.7. The molecule has 5 aromatic rings. The van der Waals surface area contributed by atoms with E-state index in [1.54, 1.807) is 6.07 Å². The molecule has 0 bridgehead atoms. The van der Waals surface area contributed by atoms with Gasteiger partial charge in [0.15, 0.2) is 22.3 Å². The smallest absolute Gasteiger partial charge is 0.356 e. The molecule has 4 heterocycles. The van der Waals surface area contributed by atoms with Gasteiger partial charge in [0.05, 0.1) is 5.69 Å². The lowest BCUT2D eigenvalue weighted by atomic mass is 9.80. The van der Waals surface area contributed by atoms with Crippen LogP contribution in [0, 0.1) is 5.82 Å². The number of nitrogens with one attached hydrogen (secondary N) is 1. The lowest BCUT2D eigenvalue weighted by molar-refractivity contribution is -0.159. The SMILES string of the molecule is Nc1nc(/C(=N/OC(c2ccccc2)(c2ccccc2)c2ccccc2)C(=O)N[C@@H]2C(=O)N3C(C(=O)O)=C(/C=C4\CCN(c5ccccc5F)C4=O)OC[C@H]23)cs1. The van der Waals surface area contributed by atoms with Gasteiger partial charge in [0.25, 0.3) is 17.7 Å². The maximum absolute atomic E-state index is 14.5. The van der Waals surface area contributed by atoms with Crippen LogP contribution in [0.4, 0.5) is 15.2 Å². The minimum absolute atomic E-state index is 0.0901. The van der Waals surface area contributed by atoms with Gasteiger partial charge >= 0.3 is 5.97 Å². The zero-order chi connectivity index (χ0) is 39.7. The number of aliphatic carboxylic acids is 1. The van der Waals surface area contributed by atoms with E-state index in [1.165, 1.54) is 34.6 Å². The second-order valence-corrected chi connectivity index (χ2v) is 14.2. The van der Waals surface area contributed by atoms with Gasteiger partial charge in [0, 0.05) is 34.2 Å². The number of carbonyl (C=O) groups is 4. The molecule has 4 N–H and O–H groups in total. The molecule has 1 aromatic heterocycles. The number of halogens is 1. The Hall–Kier alpha value is -7.13. The third-order valence-corrected chi connectivity index (χ3v) is 10.6. The second kappa shape index (κ2) is 15.2. The van der Waals surface area contributed by atoms with E-state index in [-0.39, 0.29) is 53.1 Å². The van der Waals surface area contributed by atoms with Gasteiger partial charge in [-0.15, -0.1) is 11.3 Å². The monoisotopic (exact) mass is 784 g/mol. The predicted octanol–water partition coefficient (Wildman–Crippen LogP) is 4.96. The molecule has 3 aliphatic heterocycles. The quantitative estimate of drug-likeness (QED) is 0.0550. The summed E-state index contributed by atoms with van der Waals surface area (Å²) < 4.78 is 20.3. The summed E-state index contributed by atoms with van der Waals surface area (Å²) in [6.07, 6.45) is 1.46. The van der Waals surface area contributed by atoms with Crippen LogP contribution >= 0.6 is 11.3 Å². The van der Waals surface area contributed by atoms with Crippen molar-refractivity contribution < 1.29 is 38.2 Å². The van der Waals surface area contributed by atoms with Gasteiger partial charge in [0.2, 0.25) is 5.60 Å². The molecule has 0 aliphatic carbocycles. The van der Waals surface area contributed by atoms with Crippen LogP contribution in [0.5, 0.6) is 0 Å². The number of oxime groups is 1. The highest BCUT2D eigenvalue weighted by atomic mass is 32.1. The number of nitrogen functional groups attached to an aromatic ring is 1. The fraction of sp³-hybridized carbons (Fsp3) is 0.143. The molecule has 2 saturated heterocycles. The van der Waals surface area contributed by atoms with Gasteiger partial charge in [-0.25, -0.2) is 14.2 Å². The van der Waals surface area contributed by atoms with Crippen molar-refractivity contribution in [3.8, 4) is 0 Å². The molecule has 0 unspecified atom stereocenters. The number of ether oxygens (including phenoxy) is 1. The zero-order valence-electron chi connectivity index (χ0n) is 29.9. The number of aromatic nitrogens is 1. The van der Waals surface area contributed by atoms with Gasteiger partial charge in [-0.05, 0) is 24.6 Å². The molecule has 286 valence electrons. The van der Waals surface area contributed by atoms with Gasteiger partial charge in [-0.1, -0.05) is 108 Å². The van der Waals surface area contributed by atoms with Crippen molar-refractivity contribution in [3.63, 3.8) is 0 Å². The molecule has 2 atom stereocenters. The van der Waals surface area contributed by atoms with Crippen LogP contribution in [0.3, 0.4) is 0 Å². The Labute approximate surface area is 329 Å². The number of rotatable bonds is 11. The number of thiazole rings is 1. The number of hydrogen-bond acceptors (Lipinski definition) is 10. The number of nitrogens with zero attached hydrogens (tertiary/aromatic N) is 4. The van der Waals surface area contributed by atoms with E-state index in [0.29, 0.717) is 16.7 Å². The summed E-state index contributed by atoms with van der Waals surface area (Å²) in [6, 6.07) is 31.9. The number of benzene rings is 4. The Morgan fingerprint density at radius 1 is 0.947 bits per heavy atom. The number of anilines is 2. The van der Waals surface area contributed by atoms with Crippen LogP contribution < -0.4 is 16.0 Å². The van der Waals surface area contributed by atoms with Crippen LogP contribution in [-0.2, 0) is 34.4 Å². The van der Waals surface area contributed by atoms with E-state index in [9.17, 15) is 28.7 Å². The van der Waals surface area contributed by atoms with E-state index < -0.39 is 52.9 Å². The summed E-state index contributed by atoms with van der Waals surface area (Å²) in [5.41, 5.74) is 6.37. The van der Waals surface area contributed by atoms with Crippen molar-refractivity contribution in [2.75, 3.05) is 23.8 Å². The minimum Gasteiger partial charge on any atom is -0.489 e. The number of β-lactam (4-membered cyclic amide) rings is 1. The molecule has 0 spiro atoms. The number of carboxylic acids is 1. The van der Waals surface area contributed by atoms with E-state index >= 15 is 0 Å². The van der Waals surface area contributed by atoms with Crippen molar-refractivity contribution in [3.05, 3.63) is 172 Å². The van der Waals surface area contributed by atoms with E-state index in [1.807, 2.05) is 91.0 Å². The van der Waals surface area contributed by atoms with Crippen molar-refractivity contribution in [2.24, 2.45) is 5.16 Å². The predicted molar refractivity (Wildman–Crippen MR) is 208 cm³/mol. The Kier molecular flexibility index (Phi) is 9.81. The molecule has 4 aromatic carbocycles. The Morgan fingerprint density at radius 2 is 1.54 bits per heavy atom. The van der Waals surface area contributed by atoms with Crippen molar-refractivity contribution in [1.29, 1.82) is 0 Å². The van der Waals surface area contributed by atoms with Crippen LogP contribution in [0.2, 0.25) is 0 Å². The number of carboxylic acid groups (broad SMARTS) is 1. The largest absolute Gasteiger partial charge is 0.489 e. The van der Waals surface area contributed by atoms with E-state index in [2.05, 4.69) is 15.5 Å². The summed E-state index contributed by atoms with van der Waals surface area (Å²) in [7, 11) is 0. The number of hydrogen-bond donors (Lipinski definition) is 3. The molecule has 0 radical (unpaired) electrons. The third-order valence-electron chi connectivity index (χ3n) is 9.96. The topological polar surface area (TPSA) is 177 Å². The van der Waals surface area contributed by atoms with Crippen molar-refractivity contribution in [1.82, 2.24) is 15.2 Å². The number of fused-ring (bicyclic) bond motifs is 1. The van der Waals surface area contributed by atoms with Gasteiger partial charge in [-0.2, -0.15) is 0 Å². The first-order valence-electron chi connectivity index (χ1n) is 17.8. The van der Waals surface area contributed by atoms with Gasteiger partial charge < -0.3 is 30.6 Å². The molecular formula is C42H33FN6O7S. The fourth-order valence-corrected chi connectivity index (χ4v) is 7.79. The standard InChI is InChI=1S/C42H33FN6O7S/c43-29-18-10-11-19-31(29)48-21-20-25(38(48)51)22-33-36(40(53)54)49-32(23-55-33)35(39(49)52)46-37(50)34(30-24-57-41(44)45-30)47-56-42(26-12-4-1-5-13-26,27-14-6-2-7-15-27)28-16-8-3-9-17-28/h1-19,22,24,32,35H,20-21,23H2,(H2,44,45)(H,46,50)(H,53,54)/b25-22+,47-34-/t32-,35+/m1/s1. The Morgan fingerprint density at radius 3 is 2.11 bits per heavy atom. The Bertz CT molecular complexity index is 2380. The molecule has 3 amide bonds. The second-order valence-electron chi connectivity index (χ2n) is 13.3. The van der Waals surface area contributed by atoms with Crippen LogP contribution in [0.25, 0.3) is 0 Å². The summed E-state index contributed by atoms with van der Waals surface area (Å²) in [5.74, 6) is -4.33. The third kappa shape index (κ3) is 6.67. The normalized spacial score (nSPS) is 18.9. The lowest BCUT2D eigenvalue weighted by Gasteiger charge is -2.49. The number of amides is 3. The molecule has 2 fully saturated rings. The van der Waals surface area contributed by atoms with Crippen LogP contribution in [0.1, 0.15) is 28.8 Å².